The zero-order valence-corrected chi connectivity index (χ0v) is 13.0. The number of hydrogen-bond donors (Lipinski definition) is 0. The Bertz CT molecular complexity index is 581. The molecule has 0 aliphatic heterocycles. The van der Waals surface area contributed by atoms with E-state index in [1.54, 1.807) is 22.7 Å². The summed E-state index contributed by atoms with van der Waals surface area (Å²) in [6.45, 7) is 6.27. The molecule has 5 heteroatoms. The maximum atomic E-state index is 4.47. The van der Waals surface area contributed by atoms with Crippen molar-refractivity contribution in [3.05, 3.63) is 20.4 Å². The lowest BCUT2D eigenvalue weighted by atomic mass is 9.98. The molecular formula is C12H11BrN2S2. The normalized spacial score (nSPS) is 11.1. The Morgan fingerprint density at radius 3 is 2.53 bits per heavy atom. The van der Waals surface area contributed by atoms with Gasteiger partial charge in [-0.2, -0.15) is 0 Å². The summed E-state index contributed by atoms with van der Waals surface area (Å²) in [7, 11) is 0. The van der Waals surface area contributed by atoms with Crippen molar-refractivity contribution in [1.29, 1.82) is 0 Å². The molecule has 2 nitrogen and oxygen atoms in total. The fourth-order valence-electron chi connectivity index (χ4n) is 1.04. The molecule has 0 atom stereocenters. The molecule has 0 saturated heterocycles. The molecule has 0 aliphatic rings. The van der Waals surface area contributed by atoms with Crippen LogP contribution in [0.3, 0.4) is 0 Å². The van der Waals surface area contributed by atoms with Gasteiger partial charge in [0.05, 0.1) is 0 Å². The van der Waals surface area contributed by atoms with E-state index in [0.717, 1.165) is 20.3 Å². The van der Waals surface area contributed by atoms with Gasteiger partial charge >= 0.3 is 0 Å². The van der Waals surface area contributed by atoms with E-state index in [1.807, 2.05) is 10.8 Å². The number of halogens is 1. The zero-order chi connectivity index (χ0) is 12.5. The van der Waals surface area contributed by atoms with E-state index in [2.05, 4.69) is 58.5 Å². The summed E-state index contributed by atoms with van der Waals surface area (Å²) in [6, 6.07) is 0. The summed E-state index contributed by atoms with van der Waals surface area (Å²) in [5.41, 5.74) is 0.916. The van der Waals surface area contributed by atoms with Crippen LogP contribution in [0.1, 0.15) is 25.8 Å². The SMILES string of the molecule is CC(C)(C)C#Cc1nc(-c2nc(Br)cs2)cs1. The van der Waals surface area contributed by atoms with Gasteiger partial charge in [-0.05, 0) is 42.6 Å². The Hall–Kier alpha value is -0.700. The van der Waals surface area contributed by atoms with Gasteiger partial charge in [0.25, 0.3) is 0 Å². The maximum Gasteiger partial charge on any atom is 0.167 e. The number of hydrogen-bond acceptors (Lipinski definition) is 4. The van der Waals surface area contributed by atoms with Crippen LogP contribution in [0.25, 0.3) is 10.7 Å². The second-order valence-corrected chi connectivity index (χ2v) is 7.04. The minimum absolute atomic E-state index is 0.00996. The largest absolute Gasteiger partial charge is 0.227 e. The van der Waals surface area contributed by atoms with E-state index < -0.39 is 0 Å². The van der Waals surface area contributed by atoms with Crippen LogP contribution < -0.4 is 0 Å². The van der Waals surface area contributed by atoms with Gasteiger partial charge in [-0.3, -0.25) is 0 Å². The first-order valence-corrected chi connectivity index (χ1v) is 7.59. The van der Waals surface area contributed by atoms with E-state index >= 15 is 0 Å². The van der Waals surface area contributed by atoms with Gasteiger partial charge in [-0.25, -0.2) is 9.97 Å². The van der Waals surface area contributed by atoms with Crippen molar-refractivity contribution in [2.24, 2.45) is 5.41 Å². The summed E-state index contributed by atoms with van der Waals surface area (Å²) in [6.07, 6.45) is 0. The van der Waals surface area contributed by atoms with E-state index in [-0.39, 0.29) is 5.41 Å². The zero-order valence-electron chi connectivity index (χ0n) is 9.74. The van der Waals surface area contributed by atoms with Crippen LogP contribution in [0, 0.1) is 17.3 Å². The fourth-order valence-corrected chi connectivity index (χ4v) is 2.98. The Labute approximate surface area is 117 Å². The molecule has 0 amide bonds. The van der Waals surface area contributed by atoms with Crippen molar-refractivity contribution in [3.8, 4) is 22.5 Å². The predicted molar refractivity (Wildman–Crippen MR) is 77.3 cm³/mol. The van der Waals surface area contributed by atoms with Crippen molar-refractivity contribution >= 4 is 38.6 Å². The van der Waals surface area contributed by atoms with Gasteiger partial charge in [0.15, 0.2) is 5.01 Å². The fraction of sp³-hybridized carbons (Fsp3) is 0.333. The van der Waals surface area contributed by atoms with Gasteiger partial charge < -0.3 is 0 Å². The third-order valence-corrected chi connectivity index (χ3v) is 4.08. The third-order valence-electron chi connectivity index (χ3n) is 1.74. The molecule has 0 unspecified atom stereocenters. The molecule has 0 radical (unpaired) electrons. The first-order valence-electron chi connectivity index (χ1n) is 5.04. The molecule has 2 aromatic rings. The molecule has 17 heavy (non-hydrogen) atoms. The Morgan fingerprint density at radius 1 is 1.18 bits per heavy atom. The van der Waals surface area contributed by atoms with Crippen LogP contribution in [-0.4, -0.2) is 9.97 Å². The molecule has 0 aromatic carbocycles. The first kappa shape index (κ1) is 12.7. The van der Waals surface area contributed by atoms with E-state index in [1.165, 1.54) is 0 Å². The maximum absolute atomic E-state index is 4.47. The summed E-state index contributed by atoms with van der Waals surface area (Å²) < 4.78 is 0.854. The highest BCUT2D eigenvalue weighted by molar-refractivity contribution is 9.10. The van der Waals surface area contributed by atoms with Gasteiger partial charge in [0.2, 0.25) is 0 Å². The standard InChI is InChI=1S/C12H11BrN2S2/c1-12(2,3)5-4-10-14-8(6-16-10)11-15-9(13)7-17-11/h6-7H,1-3H3. The highest BCUT2D eigenvalue weighted by atomic mass is 79.9. The molecule has 2 heterocycles. The molecule has 0 spiro atoms. The van der Waals surface area contributed by atoms with E-state index in [9.17, 15) is 0 Å². The molecule has 0 aliphatic carbocycles. The second-order valence-electron chi connectivity index (χ2n) is 4.51. The number of aromatic nitrogens is 2. The molecule has 0 saturated carbocycles. The molecule has 0 bridgehead atoms. The average Bonchev–Trinajstić information content (AvgIpc) is 2.81. The summed E-state index contributed by atoms with van der Waals surface area (Å²) in [5.74, 6) is 6.28. The van der Waals surface area contributed by atoms with Gasteiger partial charge in [-0.1, -0.05) is 5.92 Å². The first-order chi connectivity index (χ1) is 7.94. The van der Waals surface area contributed by atoms with Crippen LogP contribution in [0.5, 0.6) is 0 Å². The van der Waals surface area contributed by atoms with Crippen molar-refractivity contribution in [3.63, 3.8) is 0 Å². The van der Waals surface area contributed by atoms with Gasteiger partial charge in [0, 0.05) is 16.2 Å². The lowest BCUT2D eigenvalue weighted by Gasteiger charge is -2.05. The van der Waals surface area contributed by atoms with Crippen molar-refractivity contribution in [2.75, 3.05) is 0 Å². The van der Waals surface area contributed by atoms with E-state index in [0.29, 0.717) is 0 Å². The molecule has 2 rings (SSSR count). The lowest BCUT2D eigenvalue weighted by molar-refractivity contribution is 0.571. The second kappa shape index (κ2) is 4.89. The Balaban J connectivity index is 2.24. The van der Waals surface area contributed by atoms with Crippen LogP contribution in [0.15, 0.2) is 15.4 Å². The summed E-state index contributed by atoms with van der Waals surface area (Å²) in [4.78, 5) is 8.80. The van der Waals surface area contributed by atoms with Crippen LogP contribution in [0.4, 0.5) is 0 Å². The van der Waals surface area contributed by atoms with Crippen LogP contribution >= 0.6 is 38.6 Å². The molecule has 0 fully saturated rings. The third kappa shape index (κ3) is 3.63. The minimum Gasteiger partial charge on any atom is -0.227 e. The number of thiazole rings is 2. The monoisotopic (exact) mass is 326 g/mol. The molecule has 88 valence electrons. The van der Waals surface area contributed by atoms with Gasteiger partial charge in [0.1, 0.15) is 15.3 Å². The quantitative estimate of drug-likeness (QED) is 0.724. The summed E-state index contributed by atoms with van der Waals surface area (Å²) >= 11 is 6.48. The van der Waals surface area contributed by atoms with Crippen LogP contribution in [0.2, 0.25) is 0 Å². The van der Waals surface area contributed by atoms with Crippen LogP contribution in [-0.2, 0) is 0 Å². The molecule has 2 aromatic heterocycles. The Morgan fingerprint density at radius 2 is 1.94 bits per heavy atom. The highest BCUT2D eigenvalue weighted by Gasteiger charge is 2.08. The number of rotatable bonds is 1. The Kier molecular flexibility index (Phi) is 3.67. The molecule has 0 N–H and O–H groups in total. The van der Waals surface area contributed by atoms with Gasteiger partial charge in [-0.15, -0.1) is 22.7 Å². The smallest absolute Gasteiger partial charge is 0.167 e. The minimum atomic E-state index is 0.00996. The highest BCUT2D eigenvalue weighted by Crippen LogP contribution is 2.27. The van der Waals surface area contributed by atoms with E-state index in [4.69, 9.17) is 0 Å². The topological polar surface area (TPSA) is 25.8 Å². The van der Waals surface area contributed by atoms with Crippen molar-refractivity contribution < 1.29 is 0 Å². The number of nitrogens with zero attached hydrogens (tertiary/aromatic N) is 2. The molecular weight excluding hydrogens is 316 g/mol. The van der Waals surface area contributed by atoms with Crippen molar-refractivity contribution in [2.45, 2.75) is 20.8 Å². The average molecular weight is 327 g/mol. The van der Waals surface area contributed by atoms with Crippen molar-refractivity contribution in [1.82, 2.24) is 9.97 Å². The lowest BCUT2D eigenvalue weighted by Crippen LogP contribution is -1.99. The predicted octanol–water partition coefficient (Wildman–Crippen LogP) is 4.43. The summed E-state index contributed by atoms with van der Waals surface area (Å²) in [5, 5.41) is 5.73.